The molecule has 1 heterocycles. The van der Waals surface area contributed by atoms with Gasteiger partial charge in [-0.25, -0.2) is 4.79 Å². The first-order valence-corrected chi connectivity index (χ1v) is 8.71. The minimum atomic E-state index is -0.656. The highest BCUT2D eigenvalue weighted by atomic mass is 32.2. The van der Waals surface area contributed by atoms with E-state index in [4.69, 9.17) is 5.73 Å². The summed E-state index contributed by atoms with van der Waals surface area (Å²) in [7, 11) is 0. The van der Waals surface area contributed by atoms with E-state index in [9.17, 15) is 9.59 Å². The molecule has 3 amide bonds. The van der Waals surface area contributed by atoms with Gasteiger partial charge in [-0.1, -0.05) is 6.07 Å². The van der Waals surface area contributed by atoms with E-state index in [-0.39, 0.29) is 5.91 Å². The maximum Gasteiger partial charge on any atom is 0.312 e. The first kappa shape index (κ1) is 16.8. The van der Waals surface area contributed by atoms with Gasteiger partial charge >= 0.3 is 6.03 Å². The third-order valence-corrected chi connectivity index (χ3v) is 4.35. The molecule has 0 aromatic carbocycles. The van der Waals surface area contributed by atoms with Gasteiger partial charge in [-0.05, 0) is 36.8 Å². The lowest BCUT2D eigenvalue weighted by molar-refractivity contribution is -0.133. The molecule has 1 atom stereocenters. The number of urea groups is 1. The van der Waals surface area contributed by atoms with E-state index in [2.05, 4.69) is 5.32 Å². The van der Waals surface area contributed by atoms with Crippen molar-refractivity contribution in [3.05, 3.63) is 22.4 Å². The van der Waals surface area contributed by atoms with E-state index < -0.39 is 12.1 Å². The summed E-state index contributed by atoms with van der Waals surface area (Å²) >= 11 is 3.26. The van der Waals surface area contributed by atoms with Crippen LogP contribution in [0, 0.1) is 0 Å². The summed E-state index contributed by atoms with van der Waals surface area (Å²) in [5.74, 6) is 0.724. The SMILES string of the molecule is CCN(Cc1cccs1)C(=O)C(CCSC)NC(N)=O. The molecular weight excluding hydrogens is 294 g/mol. The average Bonchev–Trinajstić information content (AvgIpc) is 2.92. The molecule has 0 aliphatic carbocycles. The number of thiophene rings is 1. The minimum Gasteiger partial charge on any atom is -0.352 e. The maximum absolute atomic E-state index is 12.5. The van der Waals surface area contributed by atoms with Gasteiger partial charge in [0.2, 0.25) is 5.91 Å². The number of primary amides is 1. The van der Waals surface area contributed by atoms with Gasteiger partial charge in [-0.2, -0.15) is 11.8 Å². The smallest absolute Gasteiger partial charge is 0.312 e. The summed E-state index contributed by atoms with van der Waals surface area (Å²) in [6.45, 7) is 3.11. The number of rotatable bonds is 8. The Balaban J connectivity index is 2.70. The second-order valence-corrected chi connectivity index (χ2v) is 6.29. The Kier molecular flexibility index (Phi) is 7.46. The molecule has 0 radical (unpaired) electrons. The Bertz CT molecular complexity index is 423. The molecule has 0 aliphatic rings. The Hall–Kier alpha value is -1.21. The summed E-state index contributed by atoms with van der Waals surface area (Å²) < 4.78 is 0. The molecule has 1 unspecified atom stereocenters. The zero-order chi connectivity index (χ0) is 15.0. The van der Waals surface area contributed by atoms with Gasteiger partial charge in [-0.3, -0.25) is 4.79 Å². The Morgan fingerprint density at radius 2 is 2.30 bits per heavy atom. The topological polar surface area (TPSA) is 75.4 Å². The van der Waals surface area contributed by atoms with Crippen molar-refractivity contribution in [1.29, 1.82) is 0 Å². The average molecular weight is 315 g/mol. The highest BCUT2D eigenvalue weighted by molar-refractivity contribution is 7.98. The highest BCUT2D eigenvalue weighted by Crippen LogP contribution is 2.13. The highest BCUT2D eigenvalue weighted by Gasteiger charge is 2.24. The molecule has 0 fully saturated rings. The van der Waals surface area contributed by atoms with E-state index in [0.29, 0.717) is 19.5 Å². The van der Waals surface area contributed by atoms with Gasteiger partial charge in [0, 0.05) is 11.4 Å². The Labute approximate surface area is 127 Å². The van der Waals surface area contributed by atoms with Crippen LogP contribution in [0.25, 0.3) is 0 Å². The lowest BCUT2D eigenvalue weighted by atomic mass is 10.2. The van der Waals surface area contributed by atoms with Crippen LogP contribution in [0.2, 0.25) is 0 Å². The van der Waals surface area contributed by atoms with Gasteiger partial charge in [0.25, 0.3) is 0 Å². The van der Waals surface area contributed by atoms with Gasteiger partial charge < -0.3 is 16.0 Å². The van der Waals surface area contributed by atoms with Crippen LogP contribution in [0.5, 0.6) is 0 Å². The number of nitrogens with two attached hydrogens (primary N) is 1. The number of carbonyl (C=O) groups is 2. The summed E-state index contributed by atoms with van der Waals surface area (Å²) in [6, 6.07) is 2.76. The lowest BCUT2D eigenvalue weighted by Gasteiger charge is -2.26. The van der Waals surface area contributed by atoms with Crippen molar-refractivity contribution in [2.45, 2.75) is 25.9 Å². The normalized spacial score (nSPS) is 11.9. The molecule has 0 bridgehead atoms. The van der Waals surface area contributed by atoms with E-state index in [1.165, 1.54) is 0 Å². The number of likely N-dealkylation sites (N-methyl/N-ethyl adjacent to an activating group) is 1. The fraction of sp³-hybridized carbons (Fsp3) is 0.538. The van der Waals surface area contributed by atoms with Crippen molar-refractivity contribution in [1.82, 2.24) is 10.2 Å². The quantitative estimate of drug-likeness (QED) is 0.769. The van der Waals surface area contributed by atoms with Crippen molar-refractivity contribution in [2.75, 3.05) is 18.6 Å². The molecule has 7 heteroatoms. The number of nitrogens with zero attached hydrogens (tertiary/aromatic N) is 1. The second-order valence-electron chi connectivity index (χ2n) is 4.27. The molecular formula is C13H21N3O2S2. The summed E-state index contributed by atoms with van der Waals surface area (Å²) in [4.78, 5) is 26.4. The van der Waals surface area contributed by atoms with Crippen molar-refractivity contribution in [3.8, 4) is 0 Å². The van der Waals surface area contributed by atoms with Crippen LogP contribution in [-0.4, -0.2) is 41.4 Å². The standard InChI is InChI=1S/C13H21N3O2S2/c1-3-16(9-10-5-4-7-20-10)12(17)11(6-8-19-2)15-13(14)18/h4-5,7,11H,3,6,8-9H2,1-2H3,(H3,14,15,18). The molecule has 20 heavy (non-hydrogen) atoms. The first-order chi connectivity index (χ1) is 9.58. The van der Waals surface area contributed by atoms with Gasteiger partial charge in [0.1, 0.15) is 6.04 Å². The molecule has 0 spiro atoms. The van der Waals surface area contributed by atoms with Crippen LogP contribution in [0.1, 0.15) is 18.2 Å². The molecule has 112 valence electrons. The van der Waals surface area contributed by atoms with Crippen LogP contribution in [0.4, 0.5) is 4.79 Å². The van der Waals surface area contributed by atoms with Crippen molar-refractivity contribution in [2.24, 2.45) is 5.73 Å². The Morgan fingerprint density at radius 1 is 1.55 bits per heavy atom. The zero-order valence-corrected chi connectivity index (χ0v) is 13.4. The molecule has 5 nitrogen and oxygen atoms in total. The lowest BCUT2D eigenvalue weighted by Crippen LogP contribution is -2.50. The third kappa shape index (κ3) is 5.42. The van der Waals surface area contributed by atoms with Crippen molar-refractivity contribution >= 4 is 35.0 Å². The number of carbonyl (C=O) groups excluding carboxylic acids is 2. The molecule has 1 rings (SSSR count). The molecule has 1 aromatic rings. The largest absolute Gasteiger partial charge is 0.352 e. The number of nitrogens with one attached hydrogen (secondary N) is 1. The van der Waals surface area contributed by atoms with E-state index in [0.717, 1.165) is 10.6 Å². The fourth-order valence-electron chi connectivity index (χ4n) is 1.82. The number of amides is 3. The van der Waals surface area contributed by atoms with Crippen molar-refractivity contribution in [3.63, 3.8) is 0 Å². The monoisotopic (exact) mass is 315 g/mol. The van der Waals surface area contributed by atoms with Crippen LogP contribution in [-0.2, 0) is 11.3 Å². The van der Waals surface area contributed by atoms with Gasteiger partial charge in [-0.15, -0.1) is 11.3 Å². The Morgan fingerprint density at radius 3 is 2.80 bits per heavy atom. The van der Waals surface area contributed by atoms with E-state index in [1.54, 1.807) is 28.0 Å². The molecule has 3 N–H and O–H groups in total. The van der Waals surface area contributed by atoms with Crippen LogP contribution in [0.3, 0.4) is 0 Å². The fourth-order valence-corrected chi connectivity index (χ4v) is 3.01. The number of thioether (sulfide) groups is 1. The van der Waals surface area contributed by atoms with Crippen LogP contribution < -0.4 is 11.1 Å². The van der Waals surface area contributed by atoms with Crippen molar-refractivity contribution < 1.29 is 9.59 Å². The number of hydrogen-bond donors (Lipinski definition) is 2. The van der Waals surface area contributed by atoms with Gasteiger partial charge in [0.05, 0.1) is 6.54 Å². The summed E-state index contributed by atoms with van der Waals surface area (Å²) in [6.07, 6.45) is 2.55. The zero-order valence-electron chi connectivity index (χ0n) is 11.8. The maximum atomic E-state index is 12.5. The third-order valence-electron chi connectivity index (χ3n) is 2.85. The molecule has 0 aliphatic heterocycles. The summed E-state index contributed by atoms with van der Waals surface area (Å²) in [5.41, 5.74) is 5.15. The molecule has 0 saturated heterocycles. The minimum absolute atomic E-state index is 0.0752. The predicted molar refractivity (Wildman–Crippen MR) is 84.9 cm³/mol. The molecule has 0 saturated carbocycles. The summed E-state index contributed by atoms with van der Waals surface area (Å²) in [5, 5.41) is 4.53. The second kappa shape index (κ2) is 8.86. The van der Waals surface area contributed by atoms with Gasteiger partial charge in [0.15, 0.2) is 0 Å². The number of hydrogen-bond acceptors (Lipinski definition) is 4. The van der Waals surface area contributed by atoms with E-state index >= 15 is 0 Å². The van der Waals surface area contributed by atoms with E-state index in [1.807, 2.05) is 30.7 Å². The van der Waals surface area contributed by atoms with Crippen LogP contribution >= 0.6 is 23.1 Å². The molecule has 1 aromatic heterocycles. The predicted octanol–water partition coefficient (Wildman–Crippen LogP) is 1.89. The first-order valence-electron chi connectivity index (χ1n) is 6.44. The van der Waals surface area contributed by atoms with Crippen LogP contribution in [0.15, 0.2) is 17.5 Å².